The minimum Gasteiger partial charge on any atom is -0.465 e. The highest BCUT2D eigenvalue weighted by Gasteiger charge is 2.23. The molecular formula is C19H22ClN3O3. The number of halogens is 1. The molecule has 2 aromatic rings. The smallest absolute Gasteiger partial charge is 0.340 e. The summed E-state index contributed by atoms with van der Waals surface area (Å²) in [5.74, 6) is -0.533. The van der Waals surface area contributed by atoms with E-state index in [1.54, 1.807) is 30.5 Å². The van der Waals surface area contributed by atoms with Crippen molar-refractivity contribution in [2.24, 2.45) is 0 Å². The predicted octanol–water partition coefficient (Wildman–Crippen LogP) is 3.44. The zero-order chi connectivity index (χ0) is 18.7. The Morgan fingerprint density at radius 1 is 1.27 bits per heavy atom. The van der Waals surface area contributed by atoms with Crippen LogP contribution in [0.3, 0.4) is 0 Å². The van der Waals surface area contributed by atoms with Crippen molar-refractivity contribution in [1.29, 1.82) is 0 Å². The van der Waals surface area contributed by atoms with E-state index in [4.69, 9.17) is 16.3 Å². The zero-order valence-electron chi connectivity index (χ0n) is 14.9. The van der Waals surface area contributed by atoms with Gasteiger partial charge in [-0.25, -0.2) is 4.79 Å². The lowest BCUT2D eigenvalue weighted by atomic mass is 9.94. The van der Waals surface area contributed by atoms with Crippen molar-refractivity contribution >= 4 is 23.3 Å². The number of para-hydroxylation sites is 1. The Labute approximate surface area is 157 Å². The molecule has 1 aromatic heterocycles. The fourth-order valence-corrected chi connectivity index (χ4v) is 3.71. The van der Waals surface area contributed by atoms with E-state index in [-0.39, 0.29) is 10.6 Å². The molecule has 1 aliphatic carbocycles. The molecule has 6 nitrogen and oxygen atoms in total. The summed E-state index contributed by atoms with van der Waals surface area (Å²) in [5.41, 5.74) is 0.769. The van der Waals surface area contributed by atoms with Crippen molar-refractivity contribution < 1.29 is 9.53 Å². The van der Waals surface area contributed by atoms with Gasteiger partial charge in [0, 0.05) is 13.1 Å². The SMILES string of the molecule is COC(=O)c1ccccc1-n1ncc(N(C)C2CCCCC2)c(Cl)c1=O. The van der Waals surface area contributed by atoms with Gasteiger partial charge in [-0.15, -0.1) is 0 Å². The number of hydrogen-bond donors (Lipinski definition) is 0. The second-order valence-electron chi connectivity index (χ2n) is 6.47. The molecule has 0 radical (unpaired) electrons. The van der Waals surface area contributed by atoms with Crippen LogP contribution in [0.1, 0.15) is 42.5 Å². The van der Waals surface area contributed by atoms with Crippen molar-refractivity contribution in [2.45, 2.75) is 38.1 Å². The molecule has 1 saturated carbocycles. The number of carbonyl (C=O) groups excluding carboxylic acids is 1. The van der Waals surface area contributed by atoms with E-state index >= 15 is 0 Å². The summed E-state index contributed by atoms with van der Waals surface area (Å²) in [6, 6.07) is 7.02. The van der Waals surface area contributed by atoms with Crippen LogP contribution in [0.25, 0.3) is 5.69 Å². The predicted molar refractivity (Wildman–Crippen MR) is 101 cm³/mol. The number of methoxy groups -OCH3 is 1. The van der Waals surface area contributed by atoms with Crippen LogP contribution in [-0.2, 0) is 4.74 Å². The van der Waals surface area contributed by atoms with E-state index in [9.17, 15) is 9.59 Å². The van der Waals surface area contributed by atoms with Crippen molar-refractivity contribution in [2.75, 3.05) is 19.1 Å². The van der Waals surface area contributed by atoms with Crippen molar-refractivity contribution in [3.05, 3.63) is 51.4 Å². The summed E-state index contributed by atoms with van der Waals surface area (Å²) in [6.45, 7) is 0. The Morgan fingerprint density at radius 3 is 2.65 bits per heavy atom. The average Bonchev–Trinajstić information content (AvgIpc) is 2.69. The lowest BCUT2D eigenvalue weighted by Crippen LogP contribution is -2.35. The average molecular weight is 376 g/mol. The first-order valence-corrected chi connectivity index (χ1v) is 9.10. The normalized spacial score (nSPS) is 14.9. The van der Waals surface area contributed by atoms with Gasteiger partial charge >= 0.3 is 5.97 Å². The van der Waals surface area contributed by atoms with E-state index in [0.717, 1.165) is 17.5 Å². The number of esters is 1. The Bertz CT molecular complexity index is 859. The van der Waals surface area contributed by atoms with Gasteiger partial charge in [-0.1, -0.05) is 43.0 Å². The third-order valence-corrected chi connectivity index (χ3v) is 5.30. The lowest BCUT2D eigenvalue weighted by Gasteiger charge is -2.33. The number of aromatic nitrogens is 2. The molecule has 0 N–H and O–H groups in total. The molecule has 3 rings (SSSR count). The van der Waals surface area contributed by atoms with Gasteiger partial charge in [-0.05, 0) is 25.0 Å². The molecule has 138 valence electrons. The fourth-order valence-electron chi connectivity index (χ4n) is 3.45. The van der Waals surface area contributed by atoms with Crippen molar-refractivity contribution in [3.8, 4) is 5.69 Å². The molecule has 1 heterocycles. The van der Waals surface area contributed by atoms with Gasteiger partial charge < -0.3 is 9.64 Å². The number of carbonyl (C=O) groups is 1. The van der Waals surface area contributed by atoms with Crippen LogP contribution >= 0.6 is 11.6 Å². The largest absolute Gasteiger partial charge is 0.465 e. The summed E-state index contributed by atoms with van der Waals surface area (Å²) >= 11 is 6.40. The third kappa shape index (κ3) is 3.46. The maximum absolute atomic E-state index is 12.8. The minimum atomic E-state index is -0.533. The maximum Gasteiger partial charge on any atom is 0.340 e. The summed E-state index contributed by atoms with van der Waals surface area (Å²) < 4.78 is 5.93. The van der Waals surface area contributed by atoms with Crippen LogP contribution in [0.2, 0.25) is 5.02 Å². The first-order valence-electron chi connectivity index (χ1n) is 8.73. The van der Waals surface area contributed by atoms with Crippen molar-refractivity contribution in [1.82, 2.24) is 9.78 Å². The van der Waals surface area contributed by atoms with Crippen LogP contribution in [0.4, 0.5) is 5.69 Å². The van der Waals surface area contributed by atoms with E-state index in [1.165, 1.54) is 26.4 Å². The second-order valence-corrected chi connectivity index (χ2v) is 6.85. The third-order valence-electron chi connectivity index (χ3n) is 4.94. The Hall–Kier alpha value is -2.34. The highest BCUT2D eigenvalue weighted by molar-refractivity contribution is 6.33. The first kappa shape index (κ1) is 18.5. The molecule has 0 spiro atoms. The molecule has 0 amide bonds. The number of anilines is 1. The van der Waals surface area contributed by atoms with Gasteiger partial charge in [0.25, 0.3) is 5.56 Å². The van der Waals surface area contributed by atoms with E-state index in [0.29, 0.717) is 17.4 Å². The van der Waals surface area contributed by atoms with Crippen molar-refractivity contribution in [3.63, 3.8) is 0 Å². The number of benzene rings is 1. The molecular weight excluding hydrogens is 354 g/mol. The first-order chi connectivity index (χ1) is 12.5. The van der Waals surface area contributed by atoms with Gasteiger partial charge in [-0.3, -0.25) is 4.79 Å². The number of nitrogens with zero attached hydrogens (tertiary/aromatic N) is 3. The van der Waals surface area contributed by atoms with E-state index in [1.807, 2.05) is 11.9 Å². The molecule has 1 fully saturated rings. The Balaban J connectivity index is 2.01. The highest BCUT2D eigenvalue weighted by Crippen LogP contribution is 2.29. The van der Waals surface area contributed by atoms with Gasteiger partial charge in [0.2, 0.25) is 0 Å². The van der Waals surface area contributed by atoms with Crippen LogP contribution in [0.15, 0.2) is 35.3 Å². The van der Waals surface area contributed by atoms with Gasteiger partial charge in [0.1, 0.15) is 5.02 Å². The number of ether oxygens (including phenoxy) is 1. The molecule has 1 aromatic carbocycles. The van der Waals surface area contributed by atoms with E-state index < -0.39 is 11.5 Å². The highest BCUT2D eigenvalue weighted by atomic mass is 35.5. The Kier molecular flexibility index (Phi) is 5.61. The molecule has 0 atom stereocenters. The molecule has 0 unspecified atom stereocenters. The van der Waals surface area contributed by atoms with Crippen LogP contribution in [0.5, 0.6) is 0 Å². The minimum absolute atomic E-state index is 0.104. The summed E-state index contributed by atoms with van der Waals surface area (Å²) in [6.07, 6.45) is 7.38. The van der Waals surface area contributed by atoms with Crippen LogP contribution in [0, 0.1) is 0 Å². The van der Waals surface area contributed by atoms with Crippen LogP contribution < -0.4 is 10.5 Å². The van der Waals surface area contributed by atoms with E-state index in [2.05, 4.69) is 5.10 Å². The van der Waals surface area contributed by atoms with Gasteiger partial charge in [-0.2, -0.15) is 9.78 Å². The second kappa shape index (κ2) is 7.91. The Morgan fingerprint density at radius 2 is 1.96 bits per heavy atom. The topological polar surface area (TPSA) is 64.4 Å². The standard InChI is InChI=1S/C19H22ClN3O3/c1-22(13-8-4-3-5-9-13)16-12-21-23(18(24)17(16)20)15-11-7-6-10-14(15)19(25)26-2/h6-7,10-13H,3-5,8-9H2,1-2H3. The maximum atomic E-state index is 12.8. The molecule has 0 saturated heterocycles. The fraction of sp³-hybridized carbons (Fsp3) is 0.421. The summed E-state index contributed by atoms with van der Waals surface area (Å²) in [4.78, 5) is 26.9. The summed E-state index contributed by atoms with van der Waals surface area (Å²) in [5, 5.41) is 4.38. The number of rotatable bonds is 4. The molecule has 7 heteroatoms. The lowest BCUT2D eigenvalue weighted by molar-refractivity contribution is 0.0600. The van der Waals surface area contributed by atoms with Gasteiger partial charge in [0.15, 0.2) is 0 Å². The molecule has 0 aliphatic heterocycles. The quantitative estimate of drug-likeness (QED) is 0.766. The monoisotopic (exact) mass is 375 g/mol. The molecule has 26 heavy (non-hydrogen) atoms. The van der Waals surface area contributed by atoms with Crippen LogP contribution in [-0.4, -0.2) is 35.9 Å². The van der Waals surface area contributed by atoms with Gasteiger partial charge in [0.05, 0.1) is 30.2 Å². The molecule has 0 bridgehead atoms. The zero-order valence-corrected chi connectivity index (χ0v) is 15.7. The molecule has 1 aliphatic rings. The number of hydrogen-bond acceptors (Lipinski definition) is 5. The summed E-state index contributed by atoms with van der Waals surface area (Å²) in [7, 11) is 3.25.